The predicted molar refractivity (Wildman–Crippen MR) is 133 cm³/mol. The van der Waals surface area contributed by atoms with Crippen LogP contribution in [-0.4, -0.2) is 81.2 Å². The number of hydrogen-bond donors (Lipinski definition) is 2. The van der Waals surface area contributed by atoms with E-state index in [1.165, 1.54) is 6.42 Å². The average molecular weight is 471 g/mol. The molecule has 4 aromatic rings. The summed E-state index contributed by atoms with van der Waals surface area (Å²) >= 11 is 0. The number of aromatic nitrogens is 6. The molecule has 11 nitrogen and oxygen atoms in total. The Labute approximate surface area is 202 Å². The zero-order chi connectivity index (χ0) is 23.2. The summed E-state index contributed by atoms with van der Waals surface area (Å²) in [6.07, 6.45) is 8.02. The summed E-state index contributed by atoms with van der Waals surface area (Å²) in [7, 11) is 0. The summed E-state index contributed by atoms with van der Waals surface area (Å²) in [5, 5.41) is 12.7. The number of piperazine rings is 1. The van der Waals surface area contributed by atoms with Gasteiger partial charge in [-0.15, -0.1) is 5.10 Å². The number of nitrogens with zero attached hydrogens (tertiary/aromatic N) is 8. The molecule has 3 saturated heterocycles. The van der Waals surface area contributed by atoms with Crippen LogP contribution in [0, 0.1) is 0 Å². The molecule has 0 aliphatic carbocycles. The van der Waals surface area contributed by atoms with Gasteiger partial charge in [0, 0.05) is 62.9 Å². The van der Waals surface area contributed by atoms with E-state index in [9.17, 15) is 0 Å². The lowest BCUT2D eigenvalue weighted by Gasteiger charge is -2.28. The molecule has 3 fully saturated rings. The van der Waals surface area contributed by atoms with Crippen LogP contribution in [-0.2, 0) is 4.74 Å². The Morgan fingerprint density at radius 2 is 1.97 bits per heavy atom. The number of hydrogen-bond acceptors (Lipinski definition) is 10. The quantitative estimate of drug-likeness (QED) is 0.448. The lowest BCUT2D eigenvalue weighted by atomic mass is 10.2. The molecule has 3 aliphatic rings. The minimum atomic E-state index is 0.497. The monoisotopic (exact) mass is 470 g/mol. The highest BCUT2D eigenvalue weighted by molar-refractivity contribution is 5.91. The largest absolute Gasteiger partial charge is 0.378 e. The lowest BCUT2D eigenvalue weighted by Crippen LogP contribution is -2.44. The van der Waals surface area contributed by atoms with Gasteiger partial charge < -0.3 is 25.2 Å². The number of pyridine rings is 2. The Balaban J connectivity index is 1.31. The molecule has 0 amide bonds. The van der Waals surface area contributed by atoms with Crippen LogP contribution in [0.1, 0.15) is 6.42 Å². The van der Waals surface area contributed by atoms with E-state index in [0.717, 1.165) is 54.5 Å². The number of anilines is 4. The second-order valence-electron chi connectivity index (χ2n) is 9.14. The van der Waals surface area contributed by atoms with Gasteiger partial charge in [0.1, 0.15) is 17.5 Å². The van der Waals surface area contributed by atoms with E-state index in [1.807, 2.05) is 23.0 Å². The van der Waals surface area contributed by atoms with Crippen molar-refractivity contribution in [1.82, 2.24) is 35.0 Å². The molecule has 0 unspecified atom stereocenters. The summed E-state index contributed by atoms with van der Waals surface area (Å²) in [6, 6.07) is 9.27. The van der Waals surface area contributed by atoms with E-state index in [-0.39, 0.29) is 0 Å². The van der Waals surface area contributed by atoms with Gasteiger partial charge in [0.05, 0.1) is 30.5 Å². The fourth-order valence-corrected chi connectivity index (χ4v) is 5.25. The highest BCUT2D eigenvalue weighted by Crippen LogP contribution is 2.32. The third kappa shape index (κ3) is 3.72. The first-order valence-electron chi connectivity index (χ1n) is 12.0. The van der Waals surface area contributed by atoms with Crippen molar-refractivity contribution >= 4 is 34.3 Å². The number of nitrogens with one attached hydrogen (secondary N) is 2. The van der Waals surface area contributed by atoms with Crippen LogP contribution in [0.25, 0.3) is 16.7 Å². The van der Waals surface area contributed by atoms with E-state index < -0.39 is 0 Å². The molecule has 2 bridgehead atoms. The number of ether oxygens (including phenoxy) is 1. The summed E-state index contributed by atoms with van der Waals surface area (Å²) in [4.78, 5) is 22.9. The molecule has 0 spiro atoms. The van der Waals surface area contributed by atoms with Crippen LogP contribution in [0.5, 0.6) is 0 Å². The molecule has 2 N–H and O–H groups in total. The van der Waals surface area contributed by atoms with Crippen molar-refractivity contribution in [2.24, 2.45) is 0 Å². The van der Waals surface area contributed by atoms with Gasteiger partial charge in [-0.05, 0) is 24.6 Å². The van der Waals surface area contributed by atoms with E-state index >= 15 is 0 Å². The van der Waals surface area contributed by atoms with Crippen LogP contribution in [0.2, 0.25) is 0 Å². The first-order chi connectivity index (χ1) is 17.3. The van der Waals surface area contributed by atoms with Gasteiger partial charge in [-0.3, -0.25) is 4.98 Å². The van der Waals surface area contributed by atoms with Gasteiger partial charge >= 0.3 is 0 Å². The van der Waals surface area contributed by atoms with Crippen LogP contribution >= 0.6 is 0 Å². The van der Waals surface area contributed by atoms with E-state index in [4.69, 9.17) is 19.8 Å². The molecule has 35 heavy (non-hydrogen) atoms. The summed E-state index contributed by atoms with van der Waals surface area (Å²) in [6.45, 7) is 5.06. The van der Waals surface area contributed by atoms with Crippen LogP contribution in [0.3, 0.4) is 0 Å². The van der Waals surface area contributed by atoms with E-state index in [1.54, 1.807) is 18.6 Å². The fourth-order valence-electron chi connectivity index (χ4n) is 5.25. The highest BCUT2D eigenvalue weighted by Gasteiger charge is 2.38. The number of morpholine rings is 1. The van der Waals surface area contributed by atoms with Crippen molar-refractivity contribution in [3.05, 3.63) is 49.1 Å². The Hall–Kier alpha value is -3.83. The van der Waals surface area contributed by atoms with Gasteiger partial charge in [0.2, 0.25) is 0 Å². The molecule has 178 valence electrons. The first kappa shape index (κ1) is 20.5. The van der Waals surface area contributed by atoms with Gasteiger partial charge in [-0.2, -0.15) is 0 Å². The summed E-state index contributed by atoms with van der Waals surface area (Å²) in [5.74, 6) is 3.22. The maximum Gasteiger partial charge on any atom is 0.167 e. The van der Waals surface area contributed by atoms with E-state index in [2.05, 4.69) is 42.5 Å². The average Bonchev–Trinajstić information content (AvgIpc) is 3.65. The molecular weight excluding hydrogens is 444 g/mol. The maximum absolute atomic E-state index is 5.53. The minimum Gasteiger partial charge on any atom is -0.378 e. The van der Waals surface area contributed by atoms with E-state index in [0.29, 0.717) is 36.9 Å². The fraction of sp³-hybridized carbons (Fsp3) is 0.375. The Bertz CT molecular complexity index is 1350. The van der Waals surface area contributed by atoms with Crippen molar-refractivity contribution in [2.75, 3.05) is 54.5 Å². The third-order valence-corrected chi connectivity index (χ3v) is 6.99. The van der Waals surface area contributed by atoms with Crippen molar-refractivity contribution in [1.29, 1.82) is 0 Å². The van der Waals surface area contributed by atoms with Crippen LogP contribution in [0.15, 0.2) is 49.1 Å². The first-order valence-corrected chi connectivity index (χ1v) is 12.0. The van der Waals surface area contributed by atoms with Crippen molar-refractivity contribution in [2.45, 2.75) is 18.5 Å². The molecule has 11 heteroatoms. The number of rotatable bonds is 5. The topological polar surface area (TPSA) is 109 Å². The van der Waals surface area contributed by atoms with Gasteiger partial charge in [0.25, 0.3) is 0 Å². The predicted octanol–water partition coefficient (Wildman–Crippen LogP) is 1.74. The standard InChI is InChI=1S/C24H26N10O/c1-2-21(32-7-9-35-10-8-32)30-24-19(1)23(29-20-14-25-5-6-26-20)31-34(24)17-3-4-27-22(12-17)33-15-16-11-18(33)13-28-16/h1-6,12,14,16,18,28H,7-11,13,15H2,(H,26,29,31)/t16-,18-/m0/s1. The molecule has 7 rings (SSSR count). The Morgan fingerprint density at radius 1 is 1.03 bits per heavy atom. The van der Waals surface area contributed by atoms with Crippen LogP contribution < -0.4 is 20.4 Å². The molecular formula is C24H26N10O. The zero-order valence-electron chi connectivity index (χ0n) is 19.2. The number of fused-ring (bicyclic) bond motifs is 3. The van der Waals surface area contributed by atoms with Gasteiger partial charge in [-0.1, -0.05) is 0 Å². The molecule has 0 saturated carbocycles. The van der Waals surface area contributed by atoms with Crippen molar-refractivity contribution in [3.8, 4) is 5.69 Å². The lowest BCUT2D eigenvalue weighted by molar-refractivity contribution is 0.122. The second kappa shape index (κ2) is 8.43. The molecule has 2 atom stereocenters. The molecule has 0 aromatic carbocycles. The SMILES string of the molecule is c1cnc(Nc2nn(-c3ccnc(N4C[C@@H]5C[C@H]4CN5)c3)c3nc(N4CCOCC4)ccc23)cn1. The summed E-state index contributed by atoms with van der Waals surface area (Å²) < 4.78 is 7.43. The third-order valence-electron chi connectivity index (χ3n) is 6.99. The summed E-state index contributed by atoms with van der Waals surface area (Å²) in [5.41, 5.74) is 1.71. The van der Waals surface area contributed by atoms with Crippen molar-refractivity contribution in [3.63, 3.8) is 0 Å². The molecule has 0 radical (unpaired) electrons. The molecule has 3 aliphatic heterocycles. The van der Waals surface area contributed by atoms with Gasteiger partial charge in [0.15, 0.2) is 11.5 Å². The van der Waals surface area contributed by atoms with Crippen molar-refractivity contribution < 1.29 is 4.74 Å². The van der Waals surface area contributed by atoms with Crippen LogP contribution in [0.4, 0.5) is 23.3 Å². The Morgan fingerprint density at radius 3 is 2.77 bits per heavy atom. The van der Waals surface area contributed by atoms with Gasteiger partial charge in [-0.25, -0.2) is 19.6 Å². The normalized spacial score (nSPS) is 21.7. The molecule has 7 heterocycles. The highest BCUT2D eigenvalue weighted by atomic mass is 16.5. The second-order valence-corrected chi connectivity index (χ2v) is 9.14. The smallest absolute Gasteiger partial charge is 0.167 e. The Kier molecular flexibility index (Phi) is 4.95. The zero-order valence-corrected chi connectivity index (χ0v) is 19.2. The maximum atomic E-state index is 5.53. The minimum absolute atomic E-state index is 0.497. The molecule has 4 aromatic heterocycles.